The van der Waals surface area contributed by atoms with Gasteiger partial charge in [0.2, 0.25) is 0 Å². The molecule has 0 spiro atoms. The van der Waals surface area contributed by atoms with Crippen LogP contribution in [0.25, 0.3) is 0 Å². The van der Waals surface area contributed by atoms with E-state index in [0.29, 0.717) is 17.0 Å². The van der Waals surface area contributed by atoms with Gasteiger partial charge < -0.3 is 15.0 Å². The smallest absolute Gasteiger partial charge is 0.262 e. The Labute approximate surface area is 197 Å². The summed E-state index contributed by atoms with van der Waals surface area (Å²) in [6, 6.07) is 22.0. The van der Waals surface area contributed by atoms with Gasteiger partial charge in [-0.05, 0) is 60.0 Å². The average Bonchev–Trinajstić information content (AvgIpc) is 2.77. The Morgan fingerprint density at radius 2 is 1.62 bits per heavy atom. The van der Waals surface area contributed by atoms with E-state index in [1.165, 1.54) is 0 Å². The Hall–Kier alpha value is -3.12. The predicted molar refractivity (Wildman–Crippen MR) is 133 cm³/mol. The number of benzene rings is 3. The topological polar surface area (TPSA) is 58.6 Å². The van der Waals surface area contributed by atoms with E-state index in [4.69, 9.17) is 4.74 Å². The normalized spacial score (nSPS) is 11.0. The zero-order valence-electron chi connectivity index (χ0n) is 18.7. The standard InChI is InChI=1S/C26H27BrN2O3/c1-26(2,3)22-16-19(27)12-15-23(22)32-17-24(30)28-20-13-10-18(11-14-20)25(31)29(4)21-8-6-5-7-9-21/h5-16H,17H2,1-4H3,(H,28,30). The molecule has 5 nitrogen and oxygen atoms in total. The van der Waals surface area contributed by atoms with Gasteiger partial charge in [-0.15, -0.1) is 0 Å². The third kappa shape index (κ3) is 5.98. The minimum Gasteiger partial charge on any atom is -0.483 e. The first-order valence-corrected chi connectivity index (χ1v) is 11.1. The Balaban J connectivity index is 1.60. The largest absolute Gasteiger partial charge is 0.483 e. The summed E-state index contributed by atoms with van der Waals surface area (Å²) in [5, 5.41) is 2.81. The van der Waals surface area contributed by atoms with E-state index in [1.807, 2.05) is 48.5 Å². The molecule has 0 aromatic heterocycles. The van der Waals surface area contributed by atoms with Crippen molar-refractivity contribution < 1.29 is 14.3 Å². The van der Waals surface area contributed by atoms with Crippen LogP contribution in [0.5, 0.6) is 5.75 Å². The van der Waals surface area contributed by atoms with Crippen LogP contribution in [-0.4, -0.2) is 25.5 Å². The second-order valence-electron chi connectivity index (χ2n) is 8.50. The highest BCUT2D eigenvalue weighted by molar-refractivity contribution is 9.10. The van der Waals surface area contributed by atoms with Crippen molar-refractivity contribution in [3.05, 3.63) is 88.4 Å². The average molecular weight is 495 g/mol. The van der Waals surface area contributed by atoms with E-state index in [9.17, 15) is 9.59 Å². The summed E-state index contributed by atoms with van der Waals surface area (Å²) in [4.78, 5) is 26.7. The van der Waals surface area contributed by atoms with Crippen molar-refractivity contribution in [3.8, 4) is 5.75 Å². The summed E-state index contributed by atoms with van der Waals surface area (Å²) in [6.07, 6.45) is 0. The molecule has 0 radical (unpaired) electrons. The molecule has 6 heteroatoms. The zero-order valence-corrected chi connectivity index (χ0v) is 20.3. The molecule has 3 rings (SSSR count). The van der Waals surface area contributed by atoms with Crippen LogP contribution in [0.1, 0.15) is 36.7 Å². The predicted octanol–water partition coefficient (Wildman–Crippen LogP) is 6.04. The second-order valence-corrected chi connectivity index (χ2v) is 9.42. The molecule has 166 valence electrons. The van der Waals surface area contributed by atoms with Crippen molar-refractivity contribution >= 4 is 39.1 Å². The van der Waals surface area contributed by atoms with Gasteiger partial charge in [-0.25, -0.2) is 0 Å². The minimum absolute atomic E-state index is 0.109. The second kappa shape index (κ2) is 10.0. The fourth-order valence-corrected chi connectivity index (χ4v) is 3.57. The summed E-state index contributed by atoms with van der Waals surface area (Å²) >= 11 is 3.49. The van der Waals surface area contributed by atoms with Crippen molar-refractivity contribution in [2.24, 2.45) is 0 Å². The summed E-state index contributed by atoms with van der Waals surface area (Å²) < 4.78 is 6.77. The van der Waals surface area contributed by atoms with Gasteiger partial charge in [-0.3, -0.25) is 9.59 Å². The van der Waals surface area contributed by atoms with Crippen LogP contribution in [0.2, 0.25) is 0 Å². The number of halogens is 1. The number of hydrogen-bond acceptors (Lipinski definition) is 3. The molecule has 0 unspecified atom stereocenters. The SMILES string of the molecule is CN(C(=O)c1ccc(NC(=O)COc2ccc(Br)cc2C(C)(C)C)cc1)c1ccccc1. The highest BCUT2D eigenvalue weighted by Gasteiger charge is 2.20. The Kier molecular flexibility index (Phi) is 7.36. The van der Waals surface area contributed by atoms with Crippen LogP contribution in [-0.2, 0) is 10.2 Å². The molecular weight excluding hydrogens is 468 g/mol. The van der Waals surface area contributed by atoms with Crippen molar-refractivity contribution in [1.82, 2.24) is 0 Å². The van der Waals surface area contributed by atoms with Gasteiger partial charge in [0.15, 0.2) is 6.61 Å². The molecular formula is C26H27BrN2O3. The zero-order chi connectivity index (χ0) is 23.3. The maximum atomic E-state index is 12.7. The van der Waals surface area contributed by atoms with E-state index < -0.39 is 0 Å². The van der Waals surface area contributed by atoms with Gasteiger partial charge in [-0.2, -0.15) is 0 Å². The van der Waals surface area contributed by atoms with Gasteiger partial charge in [-0.1, -0.05) is 54.9 Å². The number of nitrogens with one attached hydrogen (secondary N) is 1. The van der Waals surface area contributed by atoms with Crippen molar-refractivity contribution in [2.45, 2.75) is 26.2 Å². The van der Waals surface area contributed by atoms with E-state index >= 15 is 0 Å². The lowest BCUT2D eigenvalue weighted by Crippen LogP contribution is -2.26. The number of amides is 2. The number of ether oxygens (including phenoxy) is 1. The van der Waals surface area contributed by atoms with Crippen LogP contribution in [0.15, 0.2) is 77.3 Å². The molecule has 2 amide bonds. The minimum atomic E-state index is -0.270. The quantitative estimate of drug-likeness (QED) is 0.454. The van der Waals surface area contributed by atoms with Crippen molar-refractivity contribution in [1.29, 1.82) is 0 Å². The monoisotopic (exact) mass is 494 g/mol. The lowest BCUT2D eigenvalue weighted by Gasteiger charge is -2.23. The Bertz CT molecular complexity index is 1090. The molecule has 0 saturated carbocycles. The number of anilines is 2. The fourth-order valence-electron chi connectivity index (χ4n) is 3.21. The van der Waals surface area contributed by atoms with Gasteiger partial charge in [0.25, 0.3) is 11.8 Å². The van der Waals surface area contributed by atoms with Crippen LogP contribution >= 0.6 is 15.9 Å². The lowest BCUT2D eigenvalue weighted by molar-refractivity contribution is -0.118. The van der Waals surface area contributed by atoms with E-state index in [1.54, 1.807) is 36.2 Å². The van der Waals surface area contributed by atoms with E-state index in [-0.39, 0.29) is 23.8 Å². The number of rotatable bonds is 6. The number of carbonyl (C=O) groups is 2. The van der Waals surface area contributed by atoms with Gasteiger partial charge in [0.1, 0.15) is 5.75 Å². The maximum absolute atomic E-state index is 12.7. The molecule has 0 aliphatic heterocycles. The maximum Gasteiger partial charge on any atom is 0.262 e. The van der Waals surface area contributed by atoms with Crippen LogP contribution in [0.4, 0.5) is 11.4 Å². The first-order valence-electron chi connectivity index (χ1n) is 10.3. The molecule has 0 aliphatic rings. The first-order chi connectivity index (χ1) is 15.1. The summed E-state index contributed by atoms with van der Waals surface area (Å²) in [6.45, 7) is 6.18. The molecule has 0 heterocycles. The molecule has 32 heavy (non-hydrogen) atoms. The van der Waals surface area contributed by atoms with E-state index in [2.05, 4.69) is 42.0 Å². The van der Waals surface area contributed by atoms with Crippen LogP contribution < -0.4 is 15.0 Å². The third-order valence-electron chi connectivity index (χ3n) is 4.97. The molecule has 3 aromatic carbocycles. The van der Waals surface area contributed by atoms with Crippen molar-refractivity contribution in [2.75, 3.05) is 23.9 Å². The van der Waals surface area contributed by atoms with Gasteiger partial charge >= 0.3 is 0 Å². The summed E-state index contributed by atoms with van der Waals surface area (Å²) in [7, 11) is 1.73. The number of nitrogens with zero attached hydrogens (tertiary/aromatic N) is 1. The highest BCUT2D eigenvalue weighted by atomic mass is 79.9. The molecule has 1 N–H and O–H groups in total. The Morgan fingerprint density at radius 3 is 2.25 bits per heavy atom. The molecule has 0 aliphatic carbocycles. The number of hydrogen-bond donors (Lipinski definition) is 1. The van der Waals surface area contributed by atoms with Gasteiger partial charge in [0.05, 0.1) is 0 Å². The number of carbonyl (C=O) groups excluding carboxylic acids is 2. The fraction of sp³-hybridized carbons (Fsp3) is 0.231. The third-order valence-corrected chi connectivity index (χ3v) is 5.47. The Morgan fingerprint density at radius 1 is 0.969 bits per heavy atom. The summed E-state index contributed by atoms with van der Waals surface area (Å²) in [5.41, 5.74) is 2.85. The summed E-state index contributed by atoms with van der Waals surface area (Å²) in [5.74, 6) is 0.288. The van der Waals surface area contributed by atoms with Crippen LogP contribution in [0.3, 0.4) is 0 Å². The van der Waals surface area contributed by atoms with Crippen molar-refractivity contribution in [3.63, 3.8) is 0 Å². The van der Waals surface area contributed by atoms with Gasteiger partial charge in [0, 0.05) is 34.0 Å². The first kappa shape index (κ1) is 23.5. The molecule has 0 fully saturated rings. The van der Waals surface area contributed by atoms with E-state index in [0.717, 1.165) is 15.7 Å². The highest BCUT2D eigenvalue weighted by Crippen LogP contribution is 2.33. The molecule has 0 atom stereocenters. The molecule has 3 aromatic rings. The lowest BCUT2D eigenvalue weighted by atomic mass is 9.86. The van der Waals surface area contributed by atoms with Crippen LogP contribution in [0, 0.1) is 0 Å². The number of para-hydroxylation sites is 1. The molecule has 0 bridgehead atoms. The molecule has 0 saturated heterocycles.